The number of nitro groups is 1. The zero-order chi connectivity index (χ0) is 28.6. The first-order valence-electron chi connectivity index (χ1n) is 12.2. The minimum Gasteiger partial charge on any atom is -0.496 e. The molecule has 0 saturated heterocycles. The second kappa shape index (κ2) is 11.1. The third-order valence-corrected chi connectivity index (χ3v) is 8.01. The molecule has 3 heterocycles. The van der Waals surface area contributed by atoms with Gasteiger partial charge in [0.2, 0.25) is 0 Å². The van der Waals surface area contributed by atoms with Crippen molar-refractivity contribution in [2.75, 3.05) is 13.7 Å². The molecule has 12 heteroatoms. The number of carbonyl (C=O) groups is 1. The molecule has 0 spiro atoms. The van der Waals surface area contributed by atoms with Gasteiger partial charge in [-0.05, 0) is 77.8 Å². The number of nitrogens with zero attached hydrogens (tertiary/aromatic N) is 4. The summed E-state index contributed by atoms with van der Waals surface area (Å²) in [6, 6.07) is 14.4. The Labute approximate surface area is 240 Å². The van der Waals surface area contributed by atoms with E-state index in [0.717, 1.165) is 0 Å². The Morgan fingerprint density at radius 1 is 1.23 bits per heavy atom. The Hall–Kier alpha value is -4.29. The van der Waals surface area contributed by atoms with Gasteiger partial charge < -0.3 is 14.0 Å². The number of methoxy groups -OCH3 is 1. The van der Waals surface area contributed by atoms with Crippen LogP contribution in [0.3, 0.4) is 0 Å². The van der Waals surface area contributed by atoms with E-state index in [0.29, 0.717) is 42.2 Å². The summed E-state index contributed by atoms with van der Waals surface area (Å²) >= 11 is 4.73. The topological polar surface area (TPSA) is 118 Å². The Morgan fingerprint density at radius 2 is 1.98 bits per heavy atom. The molecule has 0 bridgehead atoms. The van der Waals surface area contributed by atoms with E-state index in [1.165, 1.54) is 28.0 Å². The van der Waals surface area contributed by atoms with Crippen LogP contribution in [-0.2, 0) is 9.53 Å². The number of halogens is 1. The third kappa shape index (κ3) is 4.91. The van der Waals surface area contributed by atoms with E-state index in [1.54, 1.807) is 45.2 Å². The minimum absolute atomic E-state index is 0.0105. The third-order valence-electron chi connectivity index (χ3n) is 6.41. The molecule has 0 N–H and O–H groups in total. The lowest BCUT2D eigenvalue weighted by atomic mass is 9.96. The highest BCUT2D eigenvalue weighted by atomic mass is 79.9. The van der Waals surface area contributed by atoms with Gasteiger partial charge in [0, 0.05) is 29.7 Å². The molecule has 40 heavy (non-hydrogen) atoms. The Kier molecular flexibility index (Phi) is 7.55. The molecule has 0 unspecified atom stereocenters. The fourth-order valence-corrected chi connectivity index (χ4v) is 6.17. The lowest BCUT2D eigenvalue weighted by Crippen LogP contribution is -2.40. The molecule has 2 aromatic heterocycles. The van der Waals surface area contributed by atoms with Crippen LogP contribution in [0.1, 0.15) is 31.1 Å². The minimum atomic E-state index is -0.763. The number of carbonyl (C=O) groups excluding carboxylic acids is 1. The monoisotopic (exact) mass is 622 g/mol. The lowest BCUT2D eigenvalue weighted by molar-refractivity contribution is -0.384. The van der Waals surface area contributed by atoms with E-state index in [-0.39, 0.29) is 23.4 Å². The maximum absolute atomic E-state index is 13.9. The van der Waals surface area contributed by atoms with Gasteiger partial charge in [-0.25, -0.2) is 9.79 Å². The molecule has 1 aliphatic heterocycles. The van der Waals surface area contributed by atoms with Crippen molar-refractivity contribution < 1.29 is 19.2 Å². The molecule has 0 radical (unpaired) electrons. The van der Waals surface area contributed by atoms with E-state index >= 15 is 0 Å². The van der Waals surface area contributed by atoms with Crippen LogP contribution in [0, 0.1) is 10.1 Å². The second-order valence-electron chi connectivity index (χ2n) is 8.77. The van der Waals surface area contributed by atoms with E-state index in [9.17, 15) is 19.7 Å². The van der Waals surface area contributed by atoms with E-state index in [1.807, 2.05) is 35.0 Å². The van der Waals surface area contributed by atoms with Crippen LogP contribution in [0.25, 0.3) is 11.8 Å². The molecule has 5 rings (SSSR count). The molecule has 0 saturated carbocycles. The first-order chi connectivity index (χ1) is 19.2. The van der Waals surface area contributed by atoms with Crippen molar-refractivity contribution in [2.45, 2.75) is 19.9 Å². The number of thiazole rings is 1. The number of ether oxygens (including phenoxy) is 2. The van der Waals surface area contributed by atoms with Gasteiger partial charge in [-0.3, -0.25) is 19.5 Å². The SMILES string of the molecule is CCOC(=O)C1=C(C)N=c2s/c(=C/c3cccn3-c3ccc([N+](=O)[O-])cc3)c(=O)n2[C@@H]1c1ccc(OC)c(Br)c1. The van der Waals surface area contributed by atoms with Crippen molar-refractivity contribution in [3.05, 3.63) is 118 Å². The highest BCUT2D eigenvalue weighted by Crippen LogP contribution is 2.35. The first-order valence-corrected chi connectivity index (χ1v) is 13.8. The largest absolute Gasteiger partial charge is 0.496 e. The molecule has 204 valence electrons. The van der Waals surface area contributed by atoms with Crippen molar-refractivity contribution in [1.82, 2.24) is 9.13 Å². The number of non-ortho nitro benzene ring substituents is 1. The van der Waals surface area contributed by atoms with E-state index < -0.39 is 16.9 Å². The number of fused-ring (bicyclic) bond motifs is 1. The number of esters is 1. The van der Waals surface area contributed by atoms with Crippen molar-refractivity contribution in [2.24, 2.45) is 4.99 Å². The number of allylic oxidation sites excluding steroid dienone is 1. The molecular weight excluding hydrogens is 600 g/mol. The fourth-order valence-electron chi connectivity index (χ4n) is 4.58. The fraction of sp³-hybridized carbons (Fsp3) is 0.179. The number of hydrogen-bond acceptors (Lipinski definition) is 8. The van der Waals surface area contributed by atoms with Gasteiger partial charge in [-0.15, -0.1) is 0 Å². The van der Waals surface area contributed by atoms with E-state index in [4.69, 9.17) is 9.47 Å². The molecule has 4 aromatic rings. The van der Waals surface area contributed by atoms with Gasteiger partial charge in [-0.1, -0.05) is 17.4 Å². The molecular formula is C28H23BrN4O6S. The summed E-state index contributed by atoms with van der Waals surface area (Å²) in [4.78, 5) is 42.7. The predicted octanol–water partition coefficient (Wildman–Crippen LogP) is 4.27. The van der Waals surface area contributed by atoms with Gasteiger partial charge >= 0.3 is 5.97 Å². The zero-order valence-electron chi connectivity index (χ0n) is 21.7. The number of benzene rings is 2. The van der Waals surface area contributed by atoms with Crippen LogP contribution in [0.4, 0.5) is 5.69 Å². The van der Waals surface area contributed by atoms with Crippen molar-refractivity contribution in [1.29, 1.82) is 0 Å². The van der Waals surface area contributed by atoms with Gasteiger partial charge in [-0.2, -0.15) is 0 Å². The van der Waals surface area contributed by atoms with Crippen molar-refractivity contribution in [3.8, 4) is 11.4 Å². The molecule has 1 atom stereocenters. The quantitative estimate of drug-likeness (QED) is 0.173. The van der Waals surface area contributed by atoms with Crippen LogP contribution >= 0.6 is 27.3 Å². The average Bonchev–Trinajstić information content (AvgIpc) is 3.52. The van der Waals surface area contributed by atoms with Crippen molar-refractivity contribution in [3.63, 3.8) is 0 Å². The normalized spacial score (nSPS) is 15.0. The highest BCUT2D eigenvalue weighted by Gasteiger charge is 2.33. The molecule has 2 aromatic carbocycles. The molecule has 0 aliphatic carbocycles. The molecule has 10 nitrogen and oxygen atoms in total. The summed E-state index contributed by atoms with van der Waals surface area (Å²) in [5.74, 6) is 0.0727. The summed E-state index contributed by atoms with van der Waals surface area (Å²) in [7, 11) is 1.56. The van der Waals surface area contributed by atoms with Gasteiger partial charge in [0.25, 0.3) is 11.2 Å². The molecule has 1 aliphatic rings. The summed E-state index contributed by atoms with van der Waals surface area (Å²) in [5.41, 5.74) is 2.52. The second-order valence-corrected chi connectivity index (χ2v) is 10.6. The number of rotatable bonds is 7. The lowest BCUT2D eigenvalue weighted by Gasteiger charge is -2.25. The van der Waals surface area contributed by atoms with Gasteiger partial charge in [0.15, 0.2) is 4.80 Å². The van der Waals surface area contributed by atoms with Crippen LogP contribution in [0.5, 0.6) is 5.75 Å². The van der Waals surface area contributed by atoms with Crippen LogP contribution in [-0.4, -0.2) is 33.7 Å². The maximum Gasteiger partial charge on any atom is 0.338 e. The standard InChI is InChI=1S/C28H23BrN4O6S/c1-4-39-27(35)24-16(2)30-28-32(25(24)17-7-12-22(38-3)21(29)14-17)26(34)23(40-28)15-20-6-5-13-31(20)18-8-10-19(11-9-18)33(36)37/h5-15,25H,4H2,1-3H3/b23-15+/t25-/m1/s1. The van der Waals surface area contributed by atoms with E-state index in [2.05, 4.69) is 20.9 Å². The number of aromatic nitrogens is 2. The van der Waals surface area contributed by atoms with Crippen LogP contribution in [0.15, 0.2) is 86.3 Å². The summed E-state index contributed by atoms with van der Waals surface area (Å²) < 4.78 is 15.2. The summed E-state index contributed by atoms with van der Waals surface area (Å²) in [5, 5.41) is 11.1. The average molecular weight is 623 g/mol. The summed E-state index contributed by atoms with van der Waals surface area (Å²) in [6.45, 7) is 3.63. The summed E-state index contributed by atoms with van der Waals surface area (Å²) in [6.07, 6.45) is 3.56. The number of hydrogen-bond donors (Lipinski definition) is 0. The van der Waals surface area contributed by atoms with Gasteiger partial charge in [0.1, 0.15) is 5.75 Å². The molecule has 0 fully saturated rings. The van der Waals surface area contributed by atoms with Gasteiger partial charge in [0.05, 0.1) is 45.0 Å². The van der Waals surface area contributed by atoms with Crippen LogP contribution < -0.4 is 19.6 Å². The van der Waals surface area contributed by atoms with Crippen LogP contribution in [0.2, 0.25) is 0 Å². The zero-order valence-corrected chi connectivity index (χ0v) is 24.1. The highest BCUT2D eigenvalue weighted by molar-refractivity contribution is 9.10. The smallest absolute Gasteiger partial charge is 0.338 e. The number of nitro benzene ring substituents is 1. The molecule has 0 amide bonds. The first kappa shape index (κ1) is 27.3. The Bertz CT molecular complexity index is 1850. The Balaban J connectivity index is 1.67. The predicted molar refractivity (Wildman–Crippen MR) is 154 cm³/mol. The Morgan fingerprint density at radius 3 is 2.62 bits per heavy atom. The van der Waals surface area contributed by atoms with Crippen molar-refractivity contribution >= 4 is 45.0 Å². The maximum atomic E-state index is 13.9.